The molecule has 2 aliphatic heterocycles. The fraction of sp³-hybridized carbons (Fsp3) is 0.346. The van der Waals surface area contributed by atoms with Crippen LogP contribution in [0.5, 0.6) is 0 Å². The van der Waals surface area contributed by atoms with E-state index in [2.05, 4.69) is 352 Å². The van der Waals surface area contributed by atoms with Gasteiger partial charge < -0.3 is 36.9 Å². The zero-order valence-corrected chi connectivity index (χ0v) is 73.4. The number of rotatable bonds is 26. The minimum atomic E-state index is -0.449. The third kappa shape index (κ3) is 14.7. The first-order chi connectivity index (χ1) is 56.2. The van der Waals surface area contributed by atoms with Crippen molar-refractivity contribution in [3.8, 4) is 22.7 Å². The van der Waals surface area contributed by atoms with E-state index in [0.717, 1.165) is 58.4 Å². The zero-order valence-electron chi connectivity index (χ0n) is 70.3. The first-order valence-corrected chi connectivity index (χ1v) is 45.1. The molecule has 0 amide bonds. The minimum absolute atomic E-state index is 0.415. The molecule has 2 fully saturated rings. The number of unbranched alkanes of at least 4 members (excludes halogenated alkanes) is 12. The fourth-order valence-corrected chi connectivity index (χ4v) is 19.4. The average molecular weight is 1660 g/mol. The van der Waals surface area contributed by atoms with E-state index in [-0.39, 0.29) is 0 Å². The lowest BCUT2D eigenvalue weighted by molar-refractivity contribution is 0.00578. The Labute approximate surface area is 703 Å². The summed E-state index contributed by atoms with van der Waals surface area (Å²) in [7, 11) is -0.879. The second kappa shape index (κ2) is 32.9. The van der Waals surface area contributed by atoms with Crippen LogP contribution in [0.4, 0.5) is 0 Å². The quantitative estimate of drug-likeness (QED) is 0.0400. The van der Waals surface area contributed by atoms with Gasteiger partial charge in [-0.05, 0) is 259 Å². The van der Waals surface area contributed by atoms with E-state index in [1.807, 2.05) is 0 Å². The number of aryl methyl sites for hydroxylation is 4. The van der Waals surface area contributed by atoms with E-state index in [4.69, 9.17) is 18.6 Å². The van der Waals surface area contributed by atoms with Crippen LogP contribution in [0.15, 0.2) is 227 Å². The van der Waals surface area contributed by atoms with Gasteiger partial charge in [0.2, 0.25) is 0 Å². The van der Waals surface area contributed by atoms with E-state index in [0.29, 0.717) is 0 Å². The van der Waals surface area contributed by atoms with E-state index >= 15 is 0 Å². The molecule has 0 atom stereocenters. The highest BCUT2D eigenvalue weighted by Crippen LogP contribution is 2.47. The number of hydrogen-bond donors (Lipinski definition) is 0. The van der Waals surface area contributed by atoms with Crippen LogP contribution in [0.25, 0.3) is 132 Å². The molecule has 16 aromatic rings. The standard InChI is InChI=1S/C58H68B2N2O4.C46H44Br2N2/c1-11-13-15-17-24-40-36-53(62-50-34-31-43(60-65-57(7,8)58(9,10)66-60)38-47(50)54-44-26-20-19-23-39(44)29-32-51(54)62)41(25-18-16-14-12-2)35-52(40)61-48-28-22-21-27-45(48)46-37-42(30-33-49(46)61)59-63-55(3,4)56(5,6)64-59;1-3-5-7-9-16-32-28-45(50-42-26-23-35(48)30-39(42)46-36-18-12-11-15-31(36)21-24-43(46)50)33(17-10-8-6-4-2)27-44(32)49-40-20-14-13-19-37(40)38-29-34(47)22-25-41(38)49/h19-23,26-38H,11-18,24-25H2,1-10H3;11-15,18-30H,3-10,16-17H2,1-2H3. The van der Waals surface area contributed by atoms with Crippen LogP contribution in [0.3, 0.4) is 0 Å². The van der Waals surface area contributed by atoms with Gasteiger partial charge in [0.05, 0.1) is 66.5 Å². The van der Waals surface area contributed by atoms with Gasteiger partial charge in [0.1, 0.15) is 0 Å². The molecule has 6 heterocycles. The number of benzene rings is 12. The summed E-state index contributed by atoms with van der Waals surface area (Å²) < 4.78 is 39.0. The summed E-state index contributed by atoms with van der Waals surface area (Å²) in [5, 5.41) is 15.3. The third-order valence-electron chi connectivity index (χ3n) is 26.4. The van der Waals surface area contributed by atoms with E-state index in [1.165, 1.54) is 244 Å². The lowest BCUT2D eigenvalue weighted by Gasteiger charge is -2.32. The van der Waals surface area contributed by atoms with Gasteiger partial charge >= 0.3 is 14.2 Å². The van der Waals surface area contributed by atoms with Crippen molar-refractivity contribution in [3.63, 3.8) is 0 Å². The van der Waals surface area contributed by atoms with Gasteiger partial charge in [0.25, 0.3) is 0 Å². The van der Waals surface area contributed by atoms with Crippen molar-refractivity contribution in [2.24, 2.45) is 0 Å². The highest BCUT2D eigenvalue weighted by Gasteiger charge is 2.53. The maximum atomic E-state index is 6.66. The molecule has 12 aromatic carbocycles. The summed E-state index contributed by atoms with van der Waals surface area (Å²) in [4.78, 5) is 0. The first kappa shape index (κ1) is 79.7. The largest absolute Gasteiger partial charge is 0.494 e. The number of aromatic nitrogens is 4. The van der Waals surface area contributed by atoms with Gasteiger partial charge in [-0.1, -0.05) is 258 Å². The minimum Gasteiger partial charge on any atom is -0.399 e. The van der Waals surface area contributed by atoms with Crippen LogP contribution < -0.4 is 10.9 Å². The molecule has 4 aromatic heterocycles. The molecule has 0 bridgehead atoms. The van der Waals surface area contributed by atoms with Crippen molar-refractivity contribution in [2.45, 2.75) is 234 Å². The molecule has 592 valence electrons. The average Bonchev–Trinajstić information content (AvgIpc) is 1.57. The number of para-hydroxylation sites is 2. The molecule has 0 aliphatic carbocycles. The van der Waals surface area contributed by atoms with Crippen LogP contribution in [0.1, 0.15) is 208 Å². The van der Waals surface area contributed by atoms with Gasteiger partial charge in [-0.2, -0.15) is 0 Å². The van der Waals surface area contributed by atoms with Crippen molar-refractivity contribution >= 4 is 166 Å². The molecule has 8 nitrogen and oxygen atoms in total. The summed E-state index contributed by atoms with van der Waals surface area (Å²) in [6.07, 6.45) is 23.5. The van der Waals surface area contributed by atoms with E-state index in [1.54, 1.807) is 0 Å². The van der Waals surface area contributed by atoms with Crippen LogP contribution in [0.2, 0.25) is 0 Å². The summed E-state index contributed by atoms with van der Waals surface area (Å²) in [6.45, 7) is 26.3. The van der Waals surface area contributed by atoms with Gasteiger partial charge in [0, 0.05) is 74.8 Å². The van der Waals surface area contributed by atoms with Crippen LogP contribution in [-0.2, 0) is 44.3 Å². The fourth-order valence-electron chi connectivity index (χ4n) is 18.7. The lowest BCUT2D eigenvalue weighted by Crippen LogP contribution is -2.41. The second-order valence-corrected chi connectivity index (χ2v) is 37.1. The van der Waals surface area contributed by atoms with Gasteiger partial charge in [-0.25, -0.2) is 0 Å². The molecule has 0 N–H and O–H groups in total. The molecule has 2 saturated heterocycles. The Morgan fingerprint density at radius 1 is 0.259 bits per heavy atom. The molecule has 18 rings (SSSR count). The van der Waals surface area contributed by atoms with Gasteiger partial charge in [-0.15, -0.1) is 0 Å². The predicted octanol–water partition coefficient (Wildman–Crippen LogP) is 28.7. The van der Waals surface area contributed by atoms with Gasteiger partial charge in [0.15, 0.2) is 0 Å². The highest BCUT2D eigenvalue weighted by molar-refractivity contribution is 9.10. The molecule has 2 aliphatic rings. The number of halogens is 2. The van der Waals surface area contributed by atoms with Crippen LogP contribution >= 0.6 is 31.9 Å². The topological polar surface area (TPSA) is 56.6 Å². The summed E-state index contributed by atoms with van der Waals surface area (Å²) >= 11 is 7.60. The Kier molecular flexibility index (Phi) is 22.6. The Hall–Kier alpha value is -8.71. The van der Waals surface area contributed by atoms with Crippen molar-refractivity contribution in [3.05, 3.63) is 250 Å². The van der Waals surface area contributed by atoms with Crippen molar-refractivity contribution in [1.82, 2.24) is 18.3 Å². The molecular weight excluding hydrogens is 1550 g/mol. The lowest BCUT2D eigenvalue weighted by atomic mass is 9.78. The number of nitrogens with zero attached hydrogens (tertiary/aromatic N) is 4. The first-order valence-electron chi connectivity index (χ1n) is 43.5. The van der Waals surface area contributed by atoms with E-state index < -0.39 is 36.6 Å². The van der Waals surface area contributed by atoms with Gasteiger partial charge in [-0.3, -0.25) is 0 Å². The maximum Gasteiger partial charge on any atom is 0.494 e. The smallest absolute Gasteiger partial charge is 0.399 e. The predicted molar refractivity (Wildman–Crippen MR) is 503 cm³/mol. The monoisotopic (exact) mass is 1660 g/mol. The van der Waals surface area contributed by atoms with Crippen molar-refractivity contribution < 1.29 is 18.6 Å². The Morgan fingerprint density at radius 3 is 0.905 bits per heavy atom. The van der Waals surface area contributed by atoms with Crippen molar-refractivity contribution in [2.75, 3.05) is 0 Å². The van der Waals surface area contributed by atoms with Crippen LogP contribution in [0, 0.1) is 0 Å². The van der Waals surface area contributed by atoms with E-state index in [9.17, 15) is 0 Å². The maximum absolute atomic E-state index is 6.66. The molecular formula is C104H112B2Br2N4O4. The zero-order chi connectivity index (χ0) is 80.4. The molecule has 0 spiro atoms. The molecule has 0 saturated carbocycles. The number of hydrogen-bond acceptors (Lipinski definition) is 4. The Balaban J connectivity index is 0.000000173. The summed E-state index contributed by atoms with van der Waals surface area (Å²) in [5.41, 5.74) is 21.2. The highest BCUT2D eigenvalue weighted by atomic mass is 79.9. The van der Waals surface area contributed by atoms with Crippen LogP contribution in [-0.4, -0.2) is 54.9 Å². The molecule has 0 unspecified atom stereocenters. The molecule has 0 radical (unpaired) electrons. The van der Waals surface area contributed by atoms with Crippen molar-refractivity contribution in [1.29, 1.82) is 0 Å². The summed E-state index contributed by atoms with van der Waals surface area (Å²) in [6, 6.07) is 82.6. The second-order valence-electron chi connectivity index (χ2n) is 35.3. The molecule has 12 heteroatoms. The summed E-state index contributed by atoms with van der Waals surface area (Å²) in [5.74, 6) is 0. The third-order valence-corrected chi connectivity index (χ3v) is 27.4. The number of fused-ring (bicyclic) bond motifs is 16. The molecule has 116 heavy (non-hydrogen) atoms. The Bertz CT molecular complexity index is 6360. The Morgan fingerprint density at radius 2 is 0.534 bits per heavy atom. The normalized spacial score (nSPS) is 15.3. The SMILES string of the molecule is CCCCCCc1cc(-n2c3ccc(B4OC(C)(C)C(C)(C)O4)cc3c3c4ccccc4ccc32)c(CCCCCC)cc1-n1c2ccccc2c2cc(B3OC(C)(C)C(C)(C)O3)ccc21.CCCCCCc1cc(-n2c3ccc(Br)cc3c3c4ccccc4ccc32)c(CCCCCC)cc1-n1c2ccccc2c2cc(Br)ccc21.